The number of hydrogen-bond acceptors (Lipinski definition) is 5. The van der Waals surface area contributed by atoms with Crippen LogP contribution >= 0.6 is 23.1 Å². The minimum atomic E-state index is 0.335. The van der Waals surface area contributed by atoms with Crippen LogP contribution in [0.1, 0.15) is 32.6 Å². The lowest BCUT2D eigenvalue weighted by atomic mass is 9.84. The van der Waals surface area contributed by atoms with E-state index in [4.69, 9.17) is 5.73 Å². The SMILES string of the molecule is CCC1CCC(N)C(Sc2nncs2)C1. The van der Waals surface area contributed by atoms with Gasteiger partial charge in [-0.05, 0) is 25.2 Å². The molecule has 15 heavy (non-hydrogen) atoms. The van der Waals surface area contributed by atoms with Gasteiger partial charge in [-0.25, -0.2) is 0 Å². The Hall–Kier alpha value is -0.130. The van der Waals surface area contributed by atoms with Gasteiger partial charge in [0, 0.05) is 11.3 Å². The first-order valence-electron chi connectivity index (χ1n) is 5.48. The van der Waals surface area contributed by atoms with Gasteiger partial charge in [0.05, 0.1) is 0 Å². The van der Waals surface area contributed by atoms with Crippen molar-refractivity contribution in [2.45, 2.75) is 48.2 Å². The molecule has 5 heteroatoms. The maximum absolute atomic E-state index is 6.15. The molecular formula is C10H17N3S2. The normalized spacial score (nSPS) is 31.7. The van der Waals surface area contributed by atoms with E-state index in [0.717, 1.165) is 16.7 Å². The Morgan fingerprint density at radius 1 is 1.60 bits per heavy atom. The molecule has 0 spiro atoms. The zero-order valence-electron chi connectivity index (χ0n) is 8.93. The van der Waals surface area contributed by atoms with Crippen LogP contribution in [0.25, 0.3) is 0 Å². The molecule has 2 rings (SSSR count). The van der Waals surface area contributed by atoms with Crippen molar-refractivity contribution in [3.63, 3.8) is 0 Å². The Labute approximate surface area is 98.9 Å². The van der Waals surface area contributed by atoms with Crippen molar-refractivity contribution >= 4 is 23.1 Å². The van der Waals surface area contributed by atoms with Gasteiger partial charge < -0.3 is 5.73 Å². The summed E-state index contributed by atoms with van der Waals surface area (Å²) in [4.78, 5) is 0. The standard InChI is InChI=1S/C10H17N3S2/c1-2-7-3-4-8(11)9(5-7)15-10-13-12-6-14-10/h6-9H,2-5,11H2,1H3. The van der Waals surface area contributed by atoms with Gasteiger partial charge in [0.25, 0.3) is 0 Å². The molecule has 3 nitrogen and oxygen atoms in total. The summed E-state index contributed by atoms with van der Waals surface area (Å²) in [6.45, 7) is 2.27. The summed E-state index contributed by atoms with van der Waals surface area (Å²) in [5.74, 6) is 0.857. The summed E-state index contributed by atoms with van der Waals surface area (Å²) in [6, 6.07) is 0.335. The summed E-state index contributed by atoms with van der Waals surface area (Å²) in [5.41, 5.74) is 7.93. The molecule has 0 aromatic carbocycles. The zero-order chi connectivity index (χ0) is 10.7. The number of thioether (sulfide) groups is 1. The van der Waals surface area contributed by atoms with Gasteiger partial charge in [-0.1, -0.05) is 36.4 Å². The second kappa shape index (κ2) is 5.27. The molecule has 2 N–H and O–H groups in total. The minimum absolute atomic E-state index is 0.335. The van der Waals surface area contributed by atoms with Crippen molar-refractivity contribution in [2.24, 2.45) is 11.7 Å². The average Bonchev–Trinajstić information content (AvgIpc) is 2.74. The van der Waals surface area contributed by atoms with Gasteiger partial charge in [-0.3, -0.25) is 0 Å². The number of nitrogens with two attached hydrogens (primary N) is 1. The van der Waals surface area contributed by atoms with Gasteiger partial charge in [0.2, 0.25) is 0 Å². The average molecular weight is 243 g/mol. The fourth-order valence-electron chi connectivity index (χ4n) is 2.09. The Balaban J connectivity index is 1.94. The lowest BCUT2D eigenvalue weighted by Crippen LogP contribution is -2.38. The predicted octanol–water partition coefficient (Wildman–Crippen LogP) is 2.54. The van der Waals surface area contributed by atoms with Crippen LogP contribution in [0, 0.1) is 5.92 Å². The van der Waals surface area contributed by atoms with E-state index in [2.05, 4.69) is 17.1 Å². The summed E-state index contributed by atoms with van der Waals surface area (Å²) < 4.78 is 1.06. The van der Waals surface area contributed by atoms with Crippen LogP contribution in [0.3, 0.4) is 0 Å². The maximum atomic E-state index is 6.15. The summed E-state index contributed by atoms with van der Waals surface area (Å²) in [5, 5.41) is 8.47. The molecule has 0 aliphatic heterocycles. The molecule has 1 saturated carbocycles. The van der Waals surface area contributed by atoms with Crippen molar-refractivity contribution in [3.8, 4) is 0 Å². The van der Waals surface area contributed by atoms with E-state index in [1.807, 2.05) is 11.8 Å². The fraction of sp³-hybridized carbons (Fsp3) is 0.800. The van der Waals surface area contributed by atoms with Crippen molar-refractivity contribution < 1.29 is 0 Å². The Morgan fingerprint density at radius 2 is 2.47 bits per heavy atom. The summed E-state index contributed by atoms with van der Waals surface area (Å²) >= 11 is 3.43. The summed E-state index contributed by atoms with van der Waals surface area (Å²) in [6.07, 6.45) is 4.97. The number of hydrogen-bond donors (Lipinski definition) is 1. The molecule has 0 radical (unpaired) electrons. The van der Waals surface area contributed by atoms with E-state index in [9.17, 15) is 0 Å². The van der Waals surface area contributed by atoms with Crippen LogP contribution < -0.4 is 5.73 Å². The molecule has 0 bridgehead atoms. The van der Waals surface area contributed by atoms with Crippen LogP contribution in [-0.2, 0) is 0 Å². The lowest BCUT2D eigenvalue weighted by Gasteiger charge is -2.32. The van der Waals surface area contributed by atoms with Gasteiger partial charge >= 0.3 is 0 Å². The van der Waals surface area contributed by atoms with Crippen molar-refractivity contribution in [3.05, 3.63) is 5.51 Å². The quantitative estimate of drug-likeness (QED) is 0.886. The highest BCUT2D eigenvalue weighted by molar-refractivity contribution is 8.01. The first-order chi connectivity index (χ1) is 7.29. The van der Waals surface area contributed by atoms with Gasteiger partial charge in [-0.15, -0.1) is 10.2 Å². The third-order valence-electron chi connectivity index (χ3n) is 3.12. The number of rotatable bonds is 3. The molecule has 3 unspecified atom stereocenters. The van der Waals surface area contributed by atoms with E-state index in [1.165, 1.54) is 19.3 Å². The van der Waals surface area contributed by atoms with Crippen LogP contribution in [-0.4, -0.2) is 21.5 Å². The van der Waals surface area contributed by atoms with Crippen LogP contribution in [0.15, 0.2) is 9.85 Å². The molecule has 1 fully saturated rings. The predicted molar refractivity (Wildman–Crippen MR) is 65.2 cm³/mol. The van der Waals surface area contributed by atoms with Crippen LogP contribution in [0.5, 0.6) is 0 Å². The molecule has 0 saturated heterocycles. The first kappa shape index (κ1) is 11.4. The van der Waals surface area contributed by atoms with Crippen molar-refractivity contribution in [2.75, 3.05) is 0 Å². The Morgan fingerprint density at radius 3 is 3.13 bits per heavy atom. The fourth-order valence-corrected chi connectivity index (χ4v) is 4.12. The van der Waals surface area contributed by atoms with Crippen LogP contribution in [0.2, 0.25) is 0 Å². The molecule has 3 atom stereocenters. The second-order valence-corrected chi connectivity index (χ2v) is 6.43. The smallest absolute Gasteiger partial charge is 0.174 e. The van der Waals surface area contributed by atoms with Crippen molar-refractivity contribution in [1.29, 1.82) is 0 Å². The highest BCUT2D eigenvalue weighted by atomic mass is 32.2. The van der Waals surface area contributed by atoms with E-state index >= 15 is 0 Å². The third-order valence-corrected chi connectivity index (χ3v) is 5.31. The van der Waals surface area contributed by atoms with Crippen LogP contribution in [0.4, 0.5) is 0 Å². The monoisotopic (exact) mass is 243 g/mol. The van der Waals surface area contributed by atoms with Gasteiger partial charge in [0.15, 0.2) is 4.34 Å². The molecule has 1 aromatic heterocycles. The third kappa shape index (κ3) is 2.92. The lowest BCUT2D eigenvalue weighted by molar-refractivity contribution is 0.327. The minimum Gasteiger partial charge on any atom is -0.327 e. The van der Waals surface area contributed by atoms with Gasteiger partial charge in [-0.2, -0.15) is 0 Å². The summed E-state index contributed by atoms with van der Waals surface area (Å²) in [7, 11) is 0. The highest BCUT2D eigenvalue weighted by Crippen LogP contribution is 2.37. The van der Waals surface area contributed by atoms with Gasteiger partial charge in [0.1, 0.15) is 5.51 Å². The number of aromatic nitrogens is 2. The van der Waals surface area contributed by atoms with E-state index in [1.54, 1.807) is 16.8 Å². The molecule has 1 aromatic rings. The first-order valence-corrected chi connectivity index (χ1v) is 7.24. The van der Waals surface area contributed by atoms with E-state index in [-0.39, 0.29) is 0 Å². The molecular weight excluding hydrogens is 226 g/mol. The largest absolute Gasteiger partial charge is 0.327 e. The molecule has 1 heterocycles. The highest BCUT2D eigenvalue weighted by Gasteiger charge is 2.28. The van der Waals surface area contributed by atoms with E-state index in [0.29, 0.717) is 11.3 Å². The molecule has 1 aliphatic rings. The topological polar surface area (TPSA) is 51.8 Å². The number of nitrogens with zero attached hydrogens (tertiary/aromatic N) is 2. The van der Waals surface area contributed by atoms with E-state index < -0.39 is 0 Å². The second-order valence-electron chi connectivity index (χ2n) is 4.11. The molecule has 0 amide bonds. The Kier molecular flexibility index (Phi) is 3.99. The molecule has 84 valence electrons. The maximum Gasteiger partial charge on any atom is 0.174 e. The zero-order valence-corrected chi connectivity index (χ0v) is 10.6. The molecule has 1 aliphatic carbocycles. The Bertz CT molecular complexity index is 289. The van der Waals surface area contributed by atoms with Crippen molar-refractivity contribution in [1.82, 2.24) is 10.2 Å².